The fourth-order valence-electron chi connectivity index (χ4n) is 2.07. The van der Waals surface area contributed by atoms with Crippen molar-refractivity contribution in [3.63, 3.8) is 0 Å². The molecule has 0 bridgehead atoms. The summed E-state index contributed by atoms with van der Waals surface area (Å²) in [5.41, 5.74) is 1.08. The van der Waals surface area contributed by atoms with Crippen LogP contribution in [0.1, 0.15) is 25.0 Å². The van der Waals surface area contributed by atoms with E-state index in [4.69, 9.17) is 16.3 Å². The number of anilines is 1. The summed E-state index contributed by atoms with van der Waals surface area (Å²) in [4.78, 5) is 9.72. The van der Waals surface area contributed by atoms with Crippen molar-refractivity contribution < 1.29 is 4.74 Å². The summed E-state index contributed by atoms with van der Waals surface area (Å²) < 4.78 is 5.61. The average molecular weight is 300 g/mol. The van der Waals surface area contributed by atoms with Gasteiger partial charge in [0.1, 0.15) is 5.82 Å². The molecule has 1 aliphatic heterocycles. The molecule has 3 rings (SSSR count). The van der Waals surface area contributed by atoms with Crippen LogP contribution in [0.3, 0.4) is 0 Å². The number of aryl methyl sites for hydroxylation is 1. The van der Waals surface area contributed by atoms with E-state index in [1.807, 2.05) is 0 Å². The van der Waals surface area contributed by atoms with Gasteiger partial charge in [-0.3, -0.25) is 0 Å². The first-order chi connectivity index (χ1) is 9.33. The maximum Gasteiger partial charge on any atom is 0.224 e. The van der Waals surface area contributed by atoms with Gasteiger partial charge in [-0.2, -0.15) is 4.98 Å². The van der Waals surface area contributed by atoms with Crippen LogP contribution >= 0.6 is 23.4 Å². The lowest BCUT2D eigenvalue weighted by molar-refractivity contribution is 0.124. The molecule has 1 aliphatic carbocycles. The topological polar surface area (TPSA) is 47.0 Å². The van der Waals surface area contributed by atoms with Gasteiger partial charge < -0.3 is 10.1 Å². The molecule has 0 radical (unpaired) electrons. The zero-order valence-corrected chi connectivity index (χ0v) is 12.4. The number of ether oxygens (including phenoxy) is 1. The van der Waals surface area contributed by atoms with Crippen molar-refractivity contribution in [1.29, 1.82) is 0 Å². The molecule has 6 heteroatoms. The van der Waals surface area contributed by atoms with E-state index in [0.717, 1.165) is 55.8 Å². The lowest BCUT2D eigenvalue weighted by Crippen LogP contribution is -2.09. The van der Waals surface area contributed by atoms with Gasteiger partial charge in [0.05, 0.1) is 10.6 Å². The Morgan fingerprint density at radius 1 is 1.37 bits per heavy atom. The van der Waals surface area contributed by atoms with Gasteiger partial charge in [0.2, 0.25) is 5.28 Å². The number of hydrogen-bond acceptors (Lipinski definition) is 5. The van der Waals surface area contributed by atoms with E-state index in [0.29, 0.717) is 5.28 Å². The van der Waals surface area contributed by atoms with Crippen molar-refractivity contribution in [3.8, 4) is 0 Å². The number of aromatic nitrogens is 2. The van der Waals surface area contributed by atoms with Crippen LogP contribution < -0.4 is 5.32 Å². The van der Waals surface area contributed by atoms with E-state index in [1.165, 1.54) is 17.7 Å². The summed E-state index contributed by atoms with van der Waals surface area (Å²) in [6, 6.07) is 0. The summed E-state index contributed by atoms with van der Waals surface area (Å²) in [6.45, 7) is 2.62. The molecule has 2 aliphatic rings. The second-order valence-corrected chi connectivity index (χ2v) is 6.46. The molecular weight excluding hydrogens is 282 g/mol. The van der Waals surface area contributed by atoms with E-state index in [-0.39, 0.29) is 0 Å². The van der Waals surface area contributed by atoms with Crippen molar-refractivity contribution in [3.05, 3.63) is 11.0 Å². The van der Waals surface area contributed by atoms with Gasteiger partial charge in [0.15, 0.2) is 0 Å². The van der Waals surface area contributed by atoms with Crippen LogP contribution in [0.15, 0.2) is 4.90 Å². The number of halogens is 1. The van der Waals surface area contributed by atoms with Crippen LogP contribution in [0.2, 0.25) is 5.28 Å². The molecule has 1 fully saturated rings. The number of thioether (sulfide) groups is 1. The first kappa shape index (κ1) is 13.5. The molecule has 0 unspecified atom stereocenters. The third-order valence-electron chi connectivity index (χ3n) is 3.30. The highest BCUT2D eigenvalue weighted by molar-refractivity contribution is 7.99. The van der Waals surface area contributed by atoms with Crippen LogP contribution in [0, 0.1) is 5.92 Å². The highest BCUT2D eigenvalue weighted by atomic mass is 35.5. The minimum absolute atomic E-state index is 0.341. The van der Waals surface area contributed by atoms with Gasteiger partial charge in [-0.25, -0.2) is 4.98 Å². The largest absolute Gasteiger partial charge is 0.381 e. The Labute approximate surface area is 122 Å². The zero-order valence-electron chi connectivity index (χ0n) is 10.8. The van der Waals surface area contributed by atoms with Crippen molar-refractivity contribution in [2.75, 3.05) is 30.8 Å². The molecule has 104 valence electrons. The van der Waals surface area contributed by atoms with Crippen LogP contribution in [0.25, 0.3) is 0 Å². The summed E-state index contributed by atoms with van der Waals surface area (Å²) in [6.07, 6.45) is 4.68. The predicted octanol–water partition coefficient (Wildman–Crippen LogP) is 3.01. The monoisotopic (exact) mass is 299 g/mol. The van der Waals surface area contributed by atoms with Crippen molar-refractivity contribution in [1.82, 2.24) is 9.97 Å². The Morgan fingerprint density at radius 2 is 2.26 bits per heavy atom. The van der Waals surface area contributed by atoms with E-state index < -0.39 is 0 Å². The summed E-state index contributed by atoms with van der Waals surface area (Å²) in [7, 11) is 0. The lowest BCUT2D eigenvalue weighted by Gasteiger charge is -2.10. The zero-order chi connectivity index (χ0) is 13.1. The third-order valence-corrected chi connectivity index (χ3v) is 4.60. The molecule has 0 spiro atoms. The number of nitrogens with zero attached hydrogens (tertiary/aromatic N) is 2. The van der Waals surface area contributed by atoms with Gasteiger partial charge in [-0.05, 0) is 36.8 Å². The van der Waals surface area contributed by atoms with Crippen molar-refractivity contribution in [2.45, 2.75) is 30.6 Å². The maximum atomic E-state index is 5.94. The van der Waals surface area contributed by atoms with E-state index >= 15 is 0 Å². The fraction of sp³-hybridized carbons (Fsp3) is 0.692. The Bertz CT molecular complexity index is 454. The number of rotatable bonds is 7. The first-order valence-corrected chi connectivity index (χ1v) is 8.20. The maximum absolute atomic E-state index is 5.94. The van der Waals surface area contributed by atoms with Crippen LogP contribution in [0.5, 0.6) is 0 Å². The molecule has 2 heterocycles. The molecule has 1 aromatic rings. The molecule has 0 amide bonds. The van der Waals surface area contributed by atoms with E-state index in [1.54, 1.807) is 11.8 Å². The van der Waals surface area contributed by atoms with Gasteiger partial charge in [-0.1, -0.05) is 0 Å². The molecule has 0 atom stereocenters. The highest BCUT2D eigenvalue weighted by Gasteiger charge is 2.21. The van der Waals surface area contributed by atoms with Crippen LogP contribution in [-0.4, -0.2) is 35.5 Å². The highest BCUT2D eigenvalue weighted by Crippen LogP contribution is 2.35. The molecule has 19 heavy (non-hydrogen) atoms. The quantitative estimate of drug-likeness (QED) is 0.619. The molecule has 0 saturated heterocycles. The number of nitrogens with one attached hydrogen (secondary N) is 1. The number of fused-ring (bicyclic) bond motifs is 1. The van der Waals surface area contributed by atoms with Gasteiger partial charge >= 0.3 is 0 Å². The molecule has 1 saturated carbocycles. The molecule has 1 aromatic heterocycles. The first-order valence-electron chi connectivity index (χ1n) is 6.84. The van der Waals surface area contributed by atoms with E-state index in [2.05, 4.69) is 15.3 Å². The third kappa shape index (κ3) is 3.74. The predicted molar refractivity (Wildman–Crippen MR) is 78.1 cm³/mol. The summed E-state index contributed by atoms with van der Waals surface area (Å²) >= 11 is 7.74. The Hall–Kier alpha value is -0.520. The standard InChI is InChI=1S/C13H18ClN3OS/c14-13-16-10-4-7-19-11(10)12(17-13)15-5-1-6-18-8-9-2-3-9/h9H,1-8H2,(H,15,16,17). The Balaban J connectivity index is 1.44. The van der Waals surface area contributed by atoms with Gasteiger partial charge in [-0.15, -0.1) is 11.8 Å². The average Bonchev–Trinajstić information content (AvgIpc) is 3.09. The minimum atomic E-state index is 0.341. The second kappa shape index (κ2) is 6.29. The normalized spacial score (nSPS) is 17.5. The van der Waals surface area contributed by atoms with Crippen LogP contribution in [0.4, 0.5) is 5.82 Å². The van der Waals surface area contributed by atoms with Gasteiger partial charge in [0, 0.05) is 31.9 Å². The van der Waals surface area contributed by atoms with E-state index in [9.17, 15) is 0 Å². The summed E-state index contributed by atoms with van der Waals surface area (Å²) in [5, 5.41) is 3.69. The van der Waals surface area contributed by atoms with Crippen LogP contribution in [-0.2, 0) is 11.2 Å². The smallest absolute Gasteiger partial charge is 0.224 e. The molecular formula is C13H18ClN3OS. The molecule has 4 nitrogen and oxygen atoms in total. The Morgan fingerprint density at radius 3 is 3.11 bits per heavy atom. The summed E-state index contributed by atoms with van der Waals surface area (Å²) in [5.74, 6) is 2.80. The minimum Gasteiger partial charge on any atom is -0.381 e. The van der Waals surface area contributed by atoms with Gasteiger partial charge in [0.25, 0.3) is 0 Å². The molecule has 0 aromatic carbocycles. The molecule has 1 N–H and O–H groups in total. The second-order valence-electron chi connectivity index (χ2n) is 5.01. The Kier molecular flexibility index (Phi) is 4.45. The SMILES string of the molecule is Clc1nc2c(c(NCCCOCC3CC3)n1)SCC2. The van der Waals surface area contributed by atoms with Crippen molar-refractivity contribution in [2.24, 2.45) is 5.92 Å². The lowest BCUT2D eigenvalue weighted by atomic mass is 10.3. The number of hydrogen-bond donors (Lipinski definition) is 1. The fourth-order valence-corrected chi connectivity index (χ4v) is 3.33. The van der Waals surface area contributed by atoms with Crippen molar-refractivity contribution >= 4 is 29.2 Å².